The number of aromatic nitrogens is 1. The van der Waals surface area contributed by atoms with E-state index in [4.69, 9.17) is 16.3 Å². The Labute approximate surface area is 112 Å². The van der Waals surface area contributed by atoms with Gasteiger partial charge in [0, 0.05) is 21.4 Å². The normalized spacial score (nSPS) is 10.5. The van der Waals surface area contributed by atoms with Gasteiger partial charge in [-0.05, 0) is 19.1 Å². The van der Waals surface area contributed by atoms with Crippen molar-refractivity contribution in [3.8, 4) is 0 Å². The molecule has 0 aliphatic carbocycles. The number of halogens is 2. The van der Waals surface area contributed by atoms with Crippen LogP contribution in [0.15, 0.2) is 28.9 Å². The first-order chi connectivity index (χ1) is 8.13. The average molecular weight is 315 g/mol. The molecular weight excluding hydrogens is 305 g/mol. The van der Waals surface area contributed by atoms with Crippen LogP contribution in [0.3, 0.4) is 0 Å². The molecule has 0 N–H and O–H groups in total. The van der Waals surface area contributed by atoms with E-state index in [1.54, 1.807) is 13.1 Å². The molecular formula is C12H9BrClNO2. The van der Waals surface area contributed by atoms with Crippen molar-refractivity contribution in [1.82, 2.24) is 4.98 Å². The number of ether oxygens (including phenoxy) is 1. The summed E-state index contributed by atoms with van der Waals surface area (Å²) >= 11 is 9.32. The van der Waals surface area contributed by atoms with Crippen molar-refractivity contribution in [2.75, 3.05) is 6.61 Å². The molecule has 1 aromatic heterocycles. The summed E-state index contributed by atoms with van der Waals surface area (Å²) in [6, 6.07) is 5.58. The van der Waals surface area contributed by atoms with Crippen LogP contribution in [0.1, 0.15) is 17.3 Å². The second kappa shape index (κ2) is 5.02. The minimum atomic E-state index is -0.450. The minimum absolute atomic E-state index is 0.161. The Morgan fingerprint density at radius 1 is 1.53 bits per heavy atom. The molecule has 0 saturated heterocycles. The molecule has 0 fully saturated rings. The average Bonchev–Trinajstić information content (AvgIpc) is 2.28. The maximum atomic E-state index is 11.8. The summed E-state index contributed by atoms with van der Waals surface area (Å²) in [7, 11) is 0. The van der Waals surface area contributed by atoms with E-state index in [9.17, 15) is 4.79 Å². The summed E-state index contributed by atoms with van der Waals surface area (Å²) in [4.78, 5) is 15.8. The Kier molecular flexibility index (Phi) is 3.64. The van der Waals surface area contributed by atoms with Crippen molar-refractivity contribution in [2.24, 2.45) is 0 Å². The van der Waals surface area contributed by atoms with E-state index in [0.717, 1.165) is 15.2 Å². The number of carbonyl (C=O) groups is 1. The lowest BCUT2D eigenvalue weighted by Gasteiger charge is -2.07. The van der Waals surface area contributed by atoms with Crippen molar-refractivity contribution in [1.29, 1.82) is 0 Å². The van der Waals surface area contributed by atoms with Gasteiger partial charge in [0.25, 0.3) is 0 Å². The van der Waals surface area contributed by atoms with Gasteiger partial charge >= 0.3 is 5.97 Å². The standard InChI is InChI=1S/C12H9BrClNO2/c1-2-17-12(16)10-9-5-8(13)4-3-7(9)6-15-11(10)14/h3-6H,2H2,1H3. The van der Waals surface area contributed by atoms with Crippen molar-refractivity contribution in [3.05, 3.63) is 39.6 Å². The van der Waals surface area contributed by atoms with Crippen LogP contribution in [0.25, 0.3) is 10.8 Å². The van der Waals surface area contributed by atoms with E-state index < -0.39 is 5.97 Å². The van der Waals surface area contributed by atoms with Crippen LogP contribution < -0.4 is 0 Å². The second-order valence-electron chi connectivity index (χ2n) is 3.38. The highest BCUT2D eigenvalue weighted by atomic mass is 79.9. The molecule has 1 heterocycles. The van der Waals surface area contributed by atoms with E-state index in [0.29, 0.717) is 12.2 Å². The Balaban J connectivity index is 2.70. The monoisotopic (exact) mass is 313 g/mol. The number of nitrogens with zero attached hydrogens (tertiary/aromatic N) is 1. The van der Waals surface area contributed by atoms with Gasteiger partial charge in [0.15, 0.2) is 0 Å². The third-order valence-corrected chi connectivity index (χ3v) is 3.07. The quantitative estimate of drug-likeness (QED) is 0.625. The molecule has 0 bridgehead atoms. The fourth-order valence-corrected chi connectivity index (χ4v) is 2.15. The van der Waals surface area contributed by atoms with E-state index in [1.807, 2.05) is 18.2 Å². The molecule has 0 aliphatic heterocycles. The third-order valence-electron chi connectivity index (χ3n) is 2.29. The van der Waals surface area contributed by atoms with Crippen molar-refractivity contribution < 1.29 is 9.53 Å². The molecule has 0 saturated carbocycles. The fourth-order valence-electron chi connectivity index (χ4n) is 1.56. The summed E-state index contributed by atoms with van der Waals surface area (Å²) in [6.45, 7) is 2.06. The van der Waals surface area contributed by atoms with Gasteiger partial charge in [-0.3, -0.25) is 0 Å². The van der Waals surface area contributed by atoms with Crippen LogP contribution in [0, 0.1) is 0 Å². The molecule has 5 heteroatoms. The van der Waals surface area contributed by atoms with E-state index >= 15 is 0 Å². The van der Waals surface area contributed by atoms with Gasteiger partial charge in [-0.1, -0.05) is 33.6 Å². The predicted octanol–water partition coefficient (Wildman–Crippen LogP) is 3.83. The summed E-state index contributed by atoms with van der Waals surface area (Å²) in [5.41, 5.74) is 0.312. The van der Waals surface area contributed by atoms with Crippen molar-refractivity contribution in [2.45, 2.75) is 6.92 Å². The molecule has 2 aromatic rings. The van der Waals surface area contributed by atoms with Gasteiger partial charge in [-0.25, -0.2) is 9.78 Å². The lowest BCUT2D eigenvalue weighted by Crippen LogP contribution is -2.07. The van der Waals surface area contributed by atoms with Crippen LogP contribution in [-0.2, 0) is 4.74 Å². The van der Waals surface area contributed by atoms with E-state index in [1.165, 1.54) is 0 Å². The van der Waals surface area contributed by atoms with Gasteiger partial charge < -0.3 is 4.74 Å². The number of esters is 1. The highest BCUT2D eigenvalue weighted by Crippen LogP contribution is 2.27. The molecule has 0 radical (unpaired) electrons. The van der Waals surface area contributed by atoms with Gasteiger partial charge in [0.05, 0.1) is 6.61 Å². The van der Waals surface area contributed by atoms with Crippen molar-refractivity contribution in [3.63, 3.8) is 0 Å². The van der Waals surface area contributed by atoms with Gasteiger partial charge in [-0.2, -0.15) is 0 Å². The first-order valence-corrected chi connectivity index (χ1v) is 6.21. The van der Waals surface area contributed by atoms with Crippen LogP contribution in [0.5, 0.6) is 0 Å². The fraction of sp³-hybridized carbons (Fsp3) is 0.167. The highest BCUT2D eigenvalue weighted by Gasteiger charge is 2.16. The Bertz CT molecular complexity index is 581. The Morgan fingerprint density at radius 3 is 3.00 bits per heavy atom. The molecule has 0 atom stereocenters. The smallest absolute Gasteiger partial charge is 0.341 e. The molecule has 0 amide bonds. The molecule has 3 nitrogen and oxygen atoms in total. The van der Waals surface area contributed by atoms with Gasteiger partial charge in [-0.15, -0.1) is 0 Å². The number of carbonyl (C=O) groups excluding carboxylic acids is 1. The highest BCUT2D eigenvalue weighted by molar-refractivity contribution is 9.10. The summed E-state index contributed by atoms with van der Waals surface area (Å²) in [6.07, 6.45) is 1.63. The van der Waals surface area contributed by atoms with Gasteiger partial charge in [0.1, 0.15) is 10.7 Å². The first kappa shape index (κ1) is 12.3. The summed E-state index contributed by atoms with van der Waals surface area (Å²) < 4.78 is 5.85. The lowest BCUT2D eigenvalue weighted by molar-refractivity contribution is 0.0528. The Morgan fingerprint density at radius 2 is 2.29 bits per heavy atom. The zero-order chi connectivity index (χ0) is 12.4. The summed E-state index contributed by atoms with van der Waals surface area (Å²) in [5, 5.41) is 1.74. The Hall–Kier alpha value is -1.13. The van der Waals surface area contributed by atoms with E-state index in [-0.39, 0.29) is 5.15 Å². The van der Waals surface area contributed by atoms with Crippen LogP contribution in [0.4, 0.5) is 0 Å². The third kappa shape index (κ3) is 2.42. The van der Waals surface area contributed by atoms with Crippen LogP contribution >= 0.6 is 27.5 Å². The number of hydrogen-bond donors (Lipinski definition) is 0. The SMILES string of the molecule is CCOC(=O)c1c(Cl)ncc2ccc(Br)cc12. The maximum Gasteiger partial charge on any atom is 0.341 e. The molecule has 17 heavy (non-hydrogen) atoms. The molecule has 0 aliphatic rings. The molecule has 0 spiro atoms. The molecule has 2 rings (SSSR count). The topological polar surface area (TPSA) is 39.2 Å². The van der Waals surface area contributed by atoms with Crippen LogP contribution in [-0.4, -0.2) is 17.6 Å². The molecule has 1 aromatic carbocycles. The van der Waals surface area contributed by atoms with Gasteiger partial charge in [0.2, 0.25) is 0 Å². The number of benzene rings is 1. The second-order valence-corrected chi connectivity index (χ2v) is 4.65. The van der Waals surface area contributed by atoms with Crippen LogP contribution in [0.2, 0.25) is 5.15 Å². The molecule has 88 valence electrons. The van der Waals surface area contributed by atoms with E-state index in [2.05, 4.69) is 20.9 Å². The molecule has 0 unspecified atom stereocenters. The maximum absolute atomic E-state index is 11.8. The largest absolute Gasteiger partial charge is 0.462 e. The summed E-state index contributed by atoms with van der Waals surface area (Å²) in [5.74, 6) is -0.450. The zero-order valence-corrected chi connectivity index (χ0v) is 11.4. The number of hydrogen-bond acceptors (Lipinski definition) is 3. The number of rotatable bonds is 2. The van der Waals surface area contributed by atoms with Crippen molar-refractivity contribution >= 4 is 44.3 Å². The first-order valence-electron chi connectivity index (χ1n) is 5.04. The zero-order valence-electron chi connectivity index (χ0n) is 9.04. The number of pyridine rings is 1. The minimum Gasteiger partial charge on any atom is -0.462 e. The number of fused-ring (bicyclic) bond motifs is 1. The predicted molar refractivity (Wildman–Crippen MR) is 70.4 cm³/mol. The lowest BCUT2D eigenvalue weighted by atomic mass is 10.1.